The topological polar surface area (TPSA) is 67.4 Å². The van der Waals surface area contributed by atoms with E-state index in [-0.39, 0.29) is 24.2 Å². The maximum absolute atomic E-state index is 12.8. The lowest BCUT2D eigenvalue weighted by atomic mass is 10.0. The summed E-state index contributed by atoms with van der Waals surface area (Å²) in [5.41, 5.74) is 3.41. The molecule has 1 N–H and O–H groups in total. The maximum Gasteiger partial charge on any atom is 0.317 e. The van der Waals surface area contributed by atoms with Gasteiger partial charge in [-0.05, 0) is 61.4 Å². The Hall–Kier alpha value is -2.47. The summed E-state index contributed by atoms with van der Waals surface area (Å²) < 4.78 is 5.95. The summed E-state index contributed by atoms with van der Waals surface area (Å²) in [6, 6.07) is 5.90. The molecule has 142 valence electrons. The molecular formula is C21H26N4O2. The molecule has 0 aromatic carbocycles. The number of amides is 2. The number of hydrogen-bond donors (Lipinski definition) is 1. The molecule has 27 heavy (non-hydrogen) atoms. The van der Waals surface area contributed by atoms with Gasteiger partial charge in [-0.2, -0.15) is 0 Å². The van der Waals surface area contributed by atoms with Gasteiger partial charge < -0.3 is 15.0 Å². The number of carbonyl (C=O) groups excluding carboxylic acids is 1. The first-order valence-electron chi connectivity index (χ1n) is 9.63. The van der Waals surface area contributed by atoms with Crippen molar-refractivity contribution in [3.8, 4) is 0 Å². The highest BCUT2D eigenvalue weighted by Crippen LogP contribution is 2.41. The van der Waals surface area contributed by atoms with E-state index in [4.69, 9.17) is 4.74 Å². The SMILES string of the molecule is C[C@@H](c1ccncc1)N(C)C(=O)N[C@H]1CCO[C@@H]1c1cncc(C2CC2)c1. The summed E-state index contributed by atoms with van der Waals surface area (Å²) in [5.74, 6) is 0.652. The third kappa shape index (κ3) is 3.95. The van der Waals surface area contributed by atoms with Crippen LogP contribution in [-0.2, 0) is 4.74 Å². The van der Waals surface area contributed by atoms with Crippen molar-refractivity contribution in [3.63, 3.8) is 0 Å². The van der Waals surface area contributed by atoms with Crippen LogP contribution >= 0.6 is 0 Å². The van der Waals surface area contributed by atoms with Crippen LogP contribution in [0.5, 0.6) is 0 Å². The summed E-state index contributed by atoms with van der Waals surface area (Å²) in [5, 5.41) is 3.16. The van der Waals surface area contributed by atoms with Crippen molar-refractivity contribution in [1.82, 2.24) is 20.2 Å². The number of pyridine rings is 2. The zero-order chi connectivity index (χ0) is 18.8. The van der Waals surface area contributed by atoms with Crippen molar-refractivity contribution < 1.29 is 9.53 Å². The zero-order valence-electron chi connectivity index (χ0n) is 15.8. The highest BCUT2D eigenvalue weighted by molar-refractivity contribution is 5.75. The molecule has 3 atom stereocenters. The van der Waals surface area contributed by atoms with Crippen molar-refractivity contribution >= 4 is 6.03 Å². The first kappa shape index (κ1) is 17.9. The van der Waals surface area contributed by atoms with Crippen molar-refractivity contribution in [1.29, 1.82) is 0 Å². The molecule has 4 rings (SSSR count). The molecular weight excluding hydrogens is 340 g/mol. The minimum atomic E-state index is -0.134. The molecule has 0 bridgehead atoms. The normalized spacial score (nSPS) is 23.0. The second-order valence-electron chi connectivity index (χ2n) is 7.53. The minimum Gasteiger partial charge on any atom is -0.371 e. The van der Waals surface area contributed by atoms with Crippen LogP contribution in [0.1, 0.15) is 60.9 Å². The molecule has 2 fully saturated rings. The molecule has 0 radical (unpaired) electrons. The lowest BCUT2D eigenvalue weighted by Crippen LogP contribution is -2.45. The van der Waals surface area contributed by atoms with Gasteiger partial charge in [0.15, 0.2) is 0 Å². The molecule has 2 aromatic heterocycles. The smallest absolute Gasteiger partial charge is 0.317 e. The number of rotatable bonds is 5. The van der Waals surface area contributed by atoms with Crippen molar-refractivity contribution in [3.05, 3.63) is 59.7 Å². The van der Waals surface area contributed by atoms with Gasteiger partial charge in [0.2, 0.25) is 0 Å². The Labute approximate surface area is 160 Å². The van der Waals surface area contributed by atoms with Crippen LogP contribution in [0, 0.1) is 0 Å². The van der Waals surface area contributed by atoms with Crippen LogP contribution in [0.15, 0.2) is 43.0 Å². The Kier molecular flexibility index (Phi) is 5.07. The fourth-order valence-electron chi connectivity index (χ4n) is 3.64. The number of nitrogens with zero attached hydrogens (tertiary/aromatic N) is 3. The summed E-state index contributed by atoms with van der Waals surface area (Å²) in [4.78, 5) is 23.0. The first-order chi connectivity index (χ1) is 13.1. The van der Waals surface area contributed by atoms with Gasteiger partial charge in [-0.3, -0.25) is 9.97 Å². The monoisotopic (exact) mass is 366 g/mol. The van der Waals surface area contributed by atoms with Gasteiger partial charge in [0, 0.05) is 44.0 Å². The molecule has 0 unspecified atom stereocenters. The lowest BCUT2D eigenvalue weighted by molar-refractivity contribution is 0.0975. The largest absolute Gasteiger partial charge is 0.371 e. The quantitative estimate of drug-likeness (QED) is 0.878. The summed E-state index contributed by atoms with van der Waals surface area (Å²) >= 11 is 0. The number of ether oxygens (including phenoxy) is 1. The number of urea groups is 1. The van der Waals surface area contributed by atoms with E-state index in [9.17, 15) is 4.79 Å². The van der Waals surface area contributed by atoms with Gasteiger partial charge in [-0.1, -0.05) is 0 Å². The highest BCUT2D eigenvalue weighted by Gasteiger charge is 2.33. The average Bonchev–Trinajstić information content (AvgIpc) is 3.47. The van der Waals surface area contributed by atoms with E-state index >= 15 is 0 Å². The Morgan fingerprint density at radius 1 is 1.19 bits per heavy atom. The van der Waals surface area contributed by atoms with Crippen LogP contribution in [0.2, 0.25) is 0 Å². The Morgan fingerprint density at radius 2 is 1.93 bits per heavy atom. The van der Waals surface area contributed by atoms with E-state index in [1.54, 1.807) is 17.3 Å². The molecule has 0 spiro atoms. The third-order valence-corrected chi connectivity index (χ3v) is 5.65. The molecule has 1 aliphatic carbocycles. The van der Waals surface area contributed by atoms with E-state index in [2.05, 4.69) is 21.4 Å². The molecule has 2 aliphatic rings. The van der Waals surface area contributed by atoms with Crippen LogP contribution in [0.25, 0.3) is 0 Å². The third-order valence-electron chi connectivity index (χ3n) is 5.65. The Balaban J connectivity index is 1.43. The van der Waals surface area contributed by atoms with Gasteiger partial charge >= 0.3 is 6.03 Å². The molecule has 1 aliphatic heterocycles. The van der Waals surface area contributed by atoms with Crippen molar-refractivity contribution in [2.75, 3.05) is 13.7 Å². The van der Waals surface area contributed by atoms with Crippen LogP contribution in [-0.4, -0.2) is 40.6 Å². The van der Waals surface area contributed by atoms with Crippen LogP contribution in [0.3, 0.4) is 0 Å². The van der Waals surface area contributed by atoms with Gasteiger partial charge in [0.25, 0.3) is 0 Å². The van der Waals surface area contributed by atoms with Crippen molar-refractivity contribution in [2.24, 2.45) is 0 Å². The van der Waals surface area contributed by atoms with E-state index in [0.29, 0.717) is 12.5 Å². The zero-order valence-corrected chi connectivity index (χ0v) is 15.8. The molecule has 6 nitrogen and oxygen atoms in total. The van der Waals surface area contributed by atoms with E-state index in [1.807, 2.05) is 38.5 Å². The van der Waals surface area contributed by atoms with E-state index in [0.717, 1.165) is 17.5 Å². The van der Waals surface area contributed by atoms with Crippen LogP contribution < -0.4 is 5.32 Å². The van der Waals surface area contributed by atoms with Gasteiger partial charge in [-0.25, -0.2) is 4.79 Å². The number of aromatic nitrogens is 2. The molecule has 1 saturated heterocycles. The fraction of sp³-hybridized carbons (Fsp3) is 0.476. The van der Waals surface area contributed by atoms with Gasteiger partial charge in [0.1, 0.15) is 6.10 Å². The van der Waals surface area contributed by atoms with Crippen LogP contribution in [0.4, 0.5) is 4.79 Å². The number of hydrogen-bond acceptors (Lipinski definition) is 4. The lowest BCUT2D eigenvalue weighted by Gasteiger charge is -2.28. The van der Waals surface area contributed by atoms with Gasteiger partial charge in [0.05, 0.1) is 12.1 Å². The fourth-order valence-corrected chi connectivity index (χ4v) is 3.64. The molecule has 1 saturated carbocycles. The second kappa shape index (κ2) is 7.64. The first-order valence-corrected chi connectivity index (χ1v) is 9.63. The summed E-state index contributed by atoms with van der Waals surface area (Å²) in [6.45, 7) is 2.66. The standard InChI is InChI=1S/C21H26N4O2/c1-14(15-5-8-22-9-6-15)25(2)21(26)24-19-7-10-27-20(19)18-11-17(12-23-13-18)16-3-4-16/h5-6,8-9,11-14,16,19-20H,3-4,7,10H2,1-2H3,(H,24,26)/t14-,19-,20+/m0/s1. The van der Waals surface area contributed by atoms with E-state index < -0.39 is 0 Å². The van der Waals surface area contributed by atoms with E-state index in [1.165, 1.54) is 18.4 Å². The molecule has 2 aromatic rings. The minimum absolute atomic E-state index is 0.0337. The highest BCUT2D eigenvalue weighted by atomic mass is 16.5. The average molecular weight is 366 g/mol. The predicted octanol–water partition coefficient (Wildman–Crippen LogP) is 3.59. The molecule has 3 heterocycles. The maximum atomic E-state index is 12.8. The predicted molar refractivity (Wildman–Crippen MR) is 102 cm³/mol. The summed E-state index contributed by atoms with van der Waals surface area (Å²) in [7, 11) is 1.82. The Morgan fingerprint density at radius 3 is 2.67 bits per heavy atom. The van der Waals surface area contributed by atoms with Crippen molar-refractivity contribution in [2.45, 2.75) is 50.3 Å². The summed E-state index contributed by atoms with van der Waals surface area (Å²) in [6.07, 6.45) is 10.5. The van der Waals surface area contributed by atoms with Gasteiger partial charge in [-0.15, -0.1) is 0 Å². The second-order valence-corrected chi connectivity index (χ2v) is 7.53. The number of carbonyl (C=O) groups is 1. The Bertz CT molecular complexity index is 794. The molecule has 6 heteroatoms. The molecule has 2 amide bonds. The number of nitrogens with one attached hydrogen (secondary N) is 1.